The molecule has 5 heteroatoms. The van der Waals surface area contributed by atoms with Crippen molar-refractivity contribution in [1.29, 1.82) is 0 Å². The molecule has 118 valence electrons. The molecule has 0 aliphatic heterocycles. The van der Waals surface area contributed by atoms with Crippen LogP contribution in [0.15, 0.2) is 36.4 Å². The minimum atomic E-state index is 0.281. The zero-order chi connectivity index (χ0) is 16.4. The number of fused-ring (bicyclic) bond motifs is 1. The van der Waals surface area contributed by atoms with E-state index in [1.165, 1.54) is 0 Å². The first-order chi connectivity index (χ1) is 11.1. The topological polar surface area (TPSA) is 67.3 Å². The van der Waals surface area contributed by atoms with Gasteiger partial charge >= 0.3 is 0 Å². The number of hydrogen-bond donors (Lipinski definition) is 2. The number of nitrogens with zero attached hydrogens (tertiary/aromatic N) is 2. The maximum atomic E-state index is 9.65. The average molecular weight is 309 g/mol. The van der Waals surface area contributed by atoms with Gasteiger partial charge in [0.25, 0.3) is 0 Å². The first kappa shape index (κ1) is 15.1. The predicted molar refractivity (Wildman–Crippen MR) is 91.6 cm³/mol. The molecule has 23 heavy (non-hydrogen) atoms. The van der Waals surface area contributed by atoms with Gasteiger partial charge in [0, 0.05) is 17.4 Å². The second-order valence-corrected chi connectivity index (χ2v) is 5.39. The van der Waals surface area contributed by atoms with Crippen molar-refractivity contribution in [3.8, 4) is 11.6 Å². The van der Waals surface area contributed by atoms with Crippen molar-refractivity contribution < 1.29 is 9.84 Å². The SMILES string of the molecule is CCOc1ccc2nc(C)cc(Nc3ccc(O)c(C)c3)c2n1. The van der Waals surface area contributed by atoms with Crippen LogP contribution in [0.1, 0.15) is 18.2 Å². The monoisotopic (exact) mass is 309 g/mol. The van der Waals surface area contributed by atoms with E-state index in [0.29, 0.717) is 12.5 Å². The fourth-order valence-corrected chi connectivity index (χ4v) is 2.43. The third-order valence-corrected chi connectivity index (χ3v) is 3.52. The molecular weight excluding hydrogens is 290 g/mol. The van der Waals surface area contributed by atoms with Crippen LogP contribution < -0.4 is 10.1 Å². The maximum Gasteiger partial charge on any atom is 0.213 e. The minimum absolute atomic E-state index is 0.281. The zero-order valence-electron chi connectivity index (χ0n) is 13.4. The molecule has 0 atom stereocenters. The maximum absolute atomic E-state index is 9.65. The molecule has 2 aromatic heterocycles. The summed E-state index contributed by atoms with van der Waals surface area (Å²) in [5.41, 5.74) is 5.03. The summed E-state index contributed by atoms with van der Waals surface area (Å²) in [6.45, 7) is 6.31. The molecule has 0 bridgehead atoms. The Labute approximate surface area is 135 Å². The highest BCUT2D eigenvalue weighted by atomic mass is 16.5. The van der Waals surface area contributed by atoms with Crippen molar-refractivity contribution in [3.05, 3.63) is 47.7 Å². The molecule has 0 spiro atoms. The van der Waals surface area contributed by atoms with Gasteiger partial charge in [-0.15, -0.1) is 0 Å². The second kappa shape index (κ2) is 6.12. The molecule has 0 aliphatic rings. The highest BCUT2D eigenvalue weighted by Gasteiger charge is 2.08. The molecule has 0 fully saturated rings. The van der Waals surface area contributed by atoms with E-state index in [0.717, 1.165) is 33.7 Å². The van der Waals surface area contributed by atoms with E-state index in [1.807, 2.05) is 51.1 Å². The molecule has 2 N–H and O–H groups in total. The molecule has 3 aromatic rings. The van der Waals surface area contributed by atoms with Crippen LogP contribution in [0.5, 0.6) is 11.6 Å². The van der Waals surface area contributed by atoms with Crippen molar-refractivity contribution in [1.82, 2.24) is 9.97 Å². The predicted octanol–water partition coefficient (Wildman–Crippen LogP) is 4.09. The lowest BCUT2D eigenvalue weighted by Gasteiger charge is -2.12. The van der Waals surface area contributed by atoms with Crippen molar-refractivity contribution in [2.45, 2.75) is 20.8 Å². The Morgan fingerprint density at radius 2 is 1.91 bits per heavy atom. The highest BCUT2D eigenvalue weighted by molar-refractivity contribution is 5.90. The number of anilines is 2. The normalized spacial score (nSPS) is 10.7. The van der Waals surface area contributed by atoms with Crippen LogP contribution in [-0.2, 0) is 0 Å². The van der Waals surface area contributed by atoms with Gasteiger partial charge in [0.2, 0.25) is 5.88 Å². The number of pyridine rings is 2. The number of nitrogens with one attached hydrogen (secondary N) is 1. The Hall–Kier alpha value is -2.82. The number of phenolic OH excluding ortho intramolecular Hbond substituents is 1. The summed E-state index contributed by atoms with van der Waals surface area (Å²) in [6, 6.07) is 11.1. The van der Waals surface area contributed by atoms with Gasteiger partial charge in [-0.3, -0.25) is 4.98 Å². The number of aromatic nitrogens is 2. The van der Waals surface area contributed by atoms with E-state index < -0.39 is 0 Å². The van der Waals surface area contributed by atoms with Gasteiger partial charge in [0.15, 0.2) is 0 Å². The van der Waals surface area contributed by atoms with E-state index in [9.17, 15) is 5.11 Å². The average Bonchev–Trinajstić information content (AvgIpc) is 2.52. The lowest BCUT2D eigenvalue weighted by Crippen LogP contribution is -1.99. The summed E-state index contributed by atoms with van der Waals surface area (Å²) >= 11 is 0. The number of ether oxygens (including phenoxy) is 1. The van der Waals surface area contributed by atoms with E-state index in [4.69, 9.17) is 4.74 Å². The molecule has 0 amide bonds. The van der Waals surface area contributed by atoms with Crippen LogP contribution in [0.3, 0.4) is 0 Å². The lowest BCUT2D eigenvalue weighted by atomic mass is 10.2. The zero-order valence-corrected chi connectivity index (χ0v) is 13.4. The van der Waals surface area contributed by atoms with E-state index in [2.05, 4.69) is 15.3 Å². The summed E-state index contributed by atoms with van der Waals surface area (Å²) in [7, 11) is 0. The first-order valence-electron chi connectivity index (χ1n) is 7.54. The number of benzene rings is 1. The van der Waals surface area contributed by atoms with Crippen LogP contribution in [0.25, 0.3) is 11.0 Å². The number of aryl methyl sites for hydroxylation is 2. The Kier molecular flexibility index (Phi) is 4.02. The fraction of sp³-hybridized carbons (Fsp3) is 0.222. The van der Waals surface area contributed by atoms with Crippen molar-refractivity contribution in [3.63, 3.8) is 0 Å². The van der Waals surface area contributed by atoms with Crippen molar-refractivity contribution >= 4 is 22.4 Å². The molecule has 2 heterocycles. The molecule has 0 radical (unpaired) electrons. The van der Waals surface area contributed by atoms with Crippen molar-refractivity contribution in [2.75, 3.05) is 11.9 Å². The molecular formula is C18H19N3O2. The van der Waals surface area contributed by atoms with Crippen LogP contribution >= 0.6 is 0 Å². The summed E-state index contributed by atoms with van der Waals surface area (Å²) in [5.74, 6) is 0.860. The van der Waals surface area contributed by atoms with Gasteiger partial charge in [0.05, 0.1) is 17.8 Å². The number of rotatable bonds is 4. The smallest absolute Gasteiger partial charge is 0.213 e. The summed E-state index contributed by atoms with van der Waals surface area (Å²) < 4.78 is 5.48. The number of aromatic hydroxyl groups is 1. The molecule has 1 aromatic carbocycles. The van der Waals surface area contributed by atoms with Gasteiger partial charge in [-0.2, -0.15) is 0 Å². The molecule has 3 rings (SSSR count). The Balaban J connectivity index is 2.07. The minimum Gasteiger partial charge on any atom is -0.508 e. The third-order valence-electron chi connectivity index (χ3n) is 3.52. The van der Waals surface area contributed by atoms with Gasteiger partial charge in [-0.1, -0.05) is 0 Å². The molecule has 0 unspecified atom stereocenters. The van der Waals surface area contributed by atoms with Crippen LogP contribution in [0.2, 0.25) is 0 Å². The van der Waals surface area contributed by atoms with Gasteiger partial charge < -0.3 is 15.2 Å². The number of hydrogen-bond acceptors (Lipinski definition) is 5. The van der Waals surface area contributed by atoms with E-state index in [-0.39, 0.29) is 5.75 Å². The molecule has 5 nitrogen and oxygen atoms in total. The van der Waals surface area contributed by atoms with Crippen LogP contribution in [0.4, 0.5) is 11.4 Å². The first-order valence-corrected chi connectivity index (χ1v) is 7.54. The van der Waals surface area contributed by atoms with E-state index >= 15 is 0 Å². The summed E-state index contributed by atoms with van der Waals surface area (Å²) in [5, 5.41) is 13.0. The van der Waals surface area contributed by atoms with Crippen LogP contribution in [-0.4, -0.2) is 21.7 Å². The summed E-state index contributed by atoms with van der Waals surface area (Å²) in [6.07, 6.45) is 0. The van der Waals surface area contributed by atoms with Crippen molar-refractivity contribution in [2.24, 2.45) is 0 Å². The van der Waals surface area contributed by atoms with Gasteiger partial charge in [-0.25, -0.2) is 4.98 Å². The third kappa shape index (κ3) is 3.18. The highest BCUT2D eigenvalue weighted by Crippen LogP contribution is 2.28. The quantitative estimate of drug-likeness (QED) is 0.710. The van der Waals surface area contributed by atoms with Crippen LogP contribution in [0, 0.1) is 13.8 Å². The standard InChI is InChI=1S/C18H19N3O2/c1-4-23-17-8-6-14-18(21-17)15(10-12(3)19-14)20-13-5-7-16(22)11(2)9-13/h5-10,22H,4H2,1-3H3,(H,19,20). The largest absolute Gasteiger partial charge is 0.508 e. The number of phenols is 1. The fourth-order valence-electron chi connectivity index (χ4n) is 2.43. The molecule has 0 aliphatic carbocycles. The van der Waals surface area contributed by atoms with Gasteiger partial charge in [0.1, 0.15) is 11.3 Å². The second-order valence-electron chi connectivity index (χ2n) is 5.39. The summed E-state index contributed by atoms with van der Waals surface area (Å²) in [4.78, 5) is 9.06. The lowest BCUT2D eigenvalue weighted by molar-refractivity contribution is 0.328. The van der Waals surface area contributed by atoms with E-state index in [1.54, 1.807) is 6.07 Å². The molecule has 0 saturated carbocycles. The molecule has 0 saturated heterocycles. The Morgan fingerprint density at radius 3 is 2.65 bits per heavy atom. The Bertz CT molecular complexity index is 862. The van der Waals surface area contributed by atoms with Gasteiger partial charge in [-0.05, 0) is 56.7 Å². The Morgan fingerprint density at radius 1 is 1.09 bits per heavy atom.